The van der Waals surface area contributed by atoms with Gasteiger partial charge in [0.2, 0.25) is 0 Å². The van der Waals surface area contributed by atoms with Gasteiger partial charge in [0, 0.05) is 13.2 Å². The fourth-order valence-electron chi connectivity index (χ4n) is 0.955. The number of rotatable bonds is 2. The summed E-state index contributed by atoms with van der Waals surface area (Å²) in [6.45, 7) is 1.84. The number of amides is 1. The van der Waals surface area contributed by atoms with Crippen molar-refractivity contribution in [2.24, 2.45) is 0 Å². The molecule has 5 heteroatoms. The van der Waals surface area contributed by atoms with E-state index in [1.54, 1.807) is 12.3 Å². The number of aryl methyl sites for hydroxylation is 1. The molecule has 0 spiro atoms. The number of hydrogen-bond donors (Lipinski definition) is 0. The number of nitrogens with zero attached hydrogens (tertiary/aromatic N) is 2. The van der Waals surface area contributed by atoms with Crippen molar-refractivity contribution in [3.8, 4) is 0 Å². The summed E-state index contributed by atoms with van der Waals surface area (Å²) in [7, 11) is 2.93. The Hall–Kier alpha value is -1.13. The molecule has 0 saturated heterocycles. The number of carbonyl (C=O) groups is 1. The van der Waals surface area contributed by atoms with Gasteiger partial charge in [-0.15, -0.1) is 0 Å². The third-order valence-electron chi connectivity index (χ3n) is 1.77. The third kappa shape index (κ3) is 2.21. The van der Waals surface area contributed by atoms with Gasteiger partial charge in [0.15, 0.2) is 0 Å². The molecule has 0 unspecified atom stereocenters. The lowest BCUT2D eigenvalue weighted by molar-refractivity contribution is -0.0757. The molecular weight excluding hydrogens is 204 g/mol. The van der Waals surface area contributed by atoms with Gasteiger partial charge in [0.25, 0.3) is 5.91 Å². The summed E-state index contributed by atoms with van der Waals surface area (Å²) < 4.78 is 0. The van der Waals surface area contributed by atoms with E-state index in [4.69, 9.17) is 16.4 Å². The van der Waals surface area contributed by atoms with Crippen molar-refractivity contribution in [2.75, 3.05) is 14.2 Å². The highest BCUT2D eigenvalue weighted by atomic mass is 35.5. The van der Waals surface area contributed by atoms with Gasteiger partial charge in [0.1, 0.15) is 5.15 Å². The SMILES string of the molecule is CON(C)C(=O)c1cc(C)cnc1Cl. The van der Waals surface area contributed by atoms with Crippen molar-refractivity contribution in [2.45, 2.75) is 6.92 Å². The van der Waals surface area contributed by atoms with E-state index in [0.717, 1.165) is 10.6 Å². The van der Waals surface area contributed by atoms with Crippen LogP contribution < -0.4 is 0 Å². The highest BCUT2D eigenvalue weighted by molar-refractivity contribution is 6.32. The van der Waals surface area contributed by atoms with Gasteiger partial charge in [-0.3, -0.25) is 9.63 Å². The predicted octanol–water partition coefficient (Wildman–Crippen LogP) is 1.68. The molecule has 0 N–H and O–H groups in total. The highest BCUT2D eigenvalue weighted by Crippen LogP contribution is 2.15. The quantitative estimate of drug-likeness (QED) is 0.556. The second-order valence-electron chi connectivity index (χ2n) is 2.84. The maximum Gasteiger partial charge on any atom is 0.280 e. The Balaban J connectivity index is 3.06. The molecule has 0 saturated carbocycles. The largest absolute Gasteiger partial charge is 0.280 e. The molecule has 0 atom stereocenters. The van der Waals surface area contributed by atoms with Crippen molar-refractivity contribution in [3.05, 3.63) is 28.5 Å². The van der Waals surface area contributed by atoms with E-state index in [-0.39, 0.29) is 11.1 Å². The van der Waals surface area contributed by atoms with Crippen LogP contribution in [0.5, 0.6) is 0 Å². The monoisotopic (exact) mass is 214 g/mol. The lowest BCUT2D eigenvalue weighted by Gasteiger charge is -2.14. The first-order chi connectivity index (χ1) is 6.56. The summed E-state index contributed by atoms with van der Waals surface area (Å²) in [6, 6.07) is 1.67. The van der Waals surface area contributed by atoms with Gasteiger partial charge in [-0.2, -0.15) is 0 Å². The first kappa shape index (κ1) is 10.9. The fourth-order valence-corrected chi connectivity index (χ4v) is 1.14. The number of halogens is 1. The van der Waals surface area contributed by atoms with Crippen LogP contribution in [-0.2, 0) is 4.84 Å². The molecule has 76 valence electrons. The van der Waals surface area contributed by atoms with Gasteiger partial charge in [-0.1, -0.05) is 11.6 Å². The Bertz CT molecular complexity index is 355. The van der Waals surface area contributed by atoms with E-state index in [1.165, 1.54) is 14.2 Å². The van der Waals surface area contributed by atoms with Gasteiger partial charge in [-0.05, 0) is 18.6 Å². The van der Waals surface area contributed by atoms with Gasteiger partial charge >= 0.3 is 0 Å². The molecule has 1 amide bonds. The molecule has 0 aliphatic heterocycles. The van der Waals surface area contributed by atoms with Crippen molar-refractivity contribution < 1.29 is 9.63 Å². The molecule has 0 bridgehead atoms. The van der Waals surface area contributed by atoms with E-state index in [9.17, 15) is 4.79 Å². The maximum atomic E-state index is 11.6. The molecule has 1 aromatic heterocycles. The fraction of sp³-hybridized carbons (Fsp3) is 0.333. The van der Waals surface area contributed by atoms with E-state index < -0.39 is 0 Å². The molecule has 0 fully saturated rings. The van der Waals surface area contributed by atoms with E-state index in [1.807, 2.05) is 6.92 Å². The zero-order valence-electron chi connectivity index (χ0n) is 8.24. The number of carbonyl (C=O) groups excluding carboxylic acids is 1. The normalized spacial score (nSPS) is 10.0. The van der Waals surface area contributed by atoms with Crippen LogP contribution in [0.1, 0.15) is 15.9 Å². The van der Waals surface area contributed by atoms with Gasteiger partial charge in [0.05, 0.1) is 12.7 Å². The Morgan fingerprint density at radius 2 is 2.29 bits per heavy atom. The van der Waals surface area contributed by atoms with Crippen LogP contribution in [-0.4, -0.2) is 30.1 Å². The second kappa shape index (κ2) is 4.39. The smallest absolute Gasteiger partial charge is 0.274 e. The lowest BCUT2D eigenvalue weighted by atomic mass is 10.2. The van der Waals surface area contributed by atoms with Crippen molar-refractivity contribution in [3.63, 3.8) is 0 Å². The topological polar surface area (TPSA) is 42.4 Å². The number of hydroxylamine groups is 2. The minimum absolute atomic E-state index is 0.185. The standard InChI is InChI=1S/C9H11ClN2O2/c1-6-4-7(8(10)11-5-6)9(13)12(2)14-3/h4-5H,1-3H3. The average molecular weight is 215 g/mol. The predicted molar refractivity (Wildman–Crippen MR) is 53.1 cm³/mol. The molecule has 4 nitrogen and oxygen atoms in total. The number of pyridine rings is 1. The number of hydrogen-bond acceptors (Lipinski definition) is 3. The van der Waals surface area contributed by atoms with E-state index in [2.05, 4.69) is 4.98 Å². The summed E-state index contributed by atoms with van der Waals surface area (Å²) >= 11 is 5.78. The summed E-state index contributed by atoms with van der Waals surface area (Å²) in [5.41, 5.74) is 1.22. The van der Waals surface area contributed by atoms with Crippen molar-refractivity contribution in [1.82, 2.24) is 10.0 Å². The molecule has 1 heterocycles. The van der Waals surface area contributed by atoms with Gasteiger partial charge in [-0.25, -0.2) is 10.0 Å². The van der Waals surface area contributed by atoms with Crippen molar-refractivity contribution in [1.29, 1.82) is 0 Å². The average Bonchev–Trinajstić information content (AvgIpc) is 2.19. The zero-order chi connectivity index (χ0) is 10.7. The van der Waals surface area contributed by atoms with Crippen LogP contribution in [0.3, 0.4) is 0 Å². The Morgan fingerprint density at radius 3 is 2.86 bits per heavy atom. The molecule has 1 rings (SSSR count). The van der Waals surface area contributed by atoms with Crippen LogP contribution >= 0.6 is 11.6 Å². The second-order valence-corrected chi connectivity index (χ2v) is 3.19. The molecule has 0 aromatic carbocycles. The van der Waals surface area contributed by atoms with Crippen LogP contribution in [0.25, 0.3) is 0 Å². The van der Waals surface area contributed by atoms with Crippen LogP contribution in [0.2, 0.25) is 5.15 Å². The molecular formula is C9H11ClN2O2. The first-order valence-electron chi connectivity index (χ1n) is 4.00. The van der Waals surface area contributed by atoms with Gasteiger partial charge < -0.3 is 0 Å². The molecule has 0 radical (unpaired) electrons. The summed E-state index contributed by atoms with van der Waals surface area (Å²) in [5.74, 6) is -0.311. The summed E-state index contributed by atoms with van der Waals surface area (Å²) in [5, 5.41) is 1.28. The maximum absolute atomic E-state index is 11.6. The third-order valence-corrected chi connectivity index (χ3v) is 2.07. The zero-order valence-corrected chi connectivity index (χ0v) is 9.00. The Kier molecular flexibility index (Phi) is 3.43. The molecule has 0 aliphatic carbocycles. The summed E-state index contributed by atoms with van der Waals surface area (Å²) in [4.78, 5) is 20.3. The Labute approximate surface area is 87.4 Å². The van der Waals surface area contributed by atoms with Crippen LogP contribution in [0, 0.1) is 6.92 Å². The van der Waals surface area contributed by atoms with E-state index in [0.29, 0.717) is 5.56 Å². The molecule has 14 heavy (non-hydrogen) atoms. The van der Waals surface area contributed by atoms with Crippen LogP contribution in [0.4, 0.5) is 0 Å². The minimum atomic E-state index is -0.311. The lowest BCUT2D eigenvalue weighted by Crippen LogP contribution is -2.25. The first-order valence-corrected chi connectivity index (χ1v) is 4.38. The molecule has 1 aromatic rings. The van der Waals surface area contributed by atoms with Crippen molar-refractivity contribution >= 4 is 17.5 Å². The minimum Gasteiger partial charge on any atom is -0.274 e. The van der Waals surface area contributed by atoms with E-state index >= 15 is 0 Å². The molecule has 0 aliphatic rings. The number of aromatic nitrogens is 1. The summed E-state index contributed by atoms with van der Waals surface area (Å²) in [6.07, 6.45) is 1.60. The highest BCUT2D eigenvalue weighted by Gasteiger charge is 2.15. The Morgan fingerprint density at radius 1 is 1.64 bits per heavy atom. The van der Waals surface area contributed by atoms with Crippen LogP contribution in [0.15, 0.2) is 12.3 Å².